The second kappa shape index (κ2) is 8.12. The Kier molecular flexibility index (Phi) is 5.37. The Bertz CT molecular complexity index is 1120. The van der Waals surface area contributed by atoms with E-state index in [-0.39, 0.29) is 24.2 Å². The zero-order valence-corrected chi connectivity index (χ0v) is 17.5. The lowest BCUT2D eigenvalue weighted by Gasteiger charge is -2.14. The molecule has 0 aromatic heterocycles. The number of nitrogens with zero attached hydrogens (tertiary/aromatic N) is 1. The van der Waals surface area contributed by atoms with Crippen LogP contribution in [0.3, 0.4) is 0 Å². The molecule has 4 rings (SSSR count). The number of aryl methyl sites for hydroxylation is 1. The van der Waals surface area contributed by atoms with Gasteiger partial charge in [0.05, 0.1) is 16.8 Å². The molecule has 0 N–H and O–H groups in total. The van der Waals surface area contributed by atoms with Crippen LogP contribution in [0.1, 0.15) is 26.3 Å². The normalized spacial score (nSPS) is 12.7. The predicted molar refractivity (Wildman–Crippen MR) is 114 cm³/mol. The van der Waals surface area contributed by atoms with Crippen molar-refractivity contribution in [3.63, 3.8) is 0 Å². The molecule has 3 aromatic rings. The number of benzene rings is 3. The molecule has 0 saturated heterocycles. The van der Waals surface area contributed by atoms with Gasteiger partial charge in [0.25, 0.3) is 11.8 Å². The maximum Gasteiger partial charge on any atom is 0.349 e. The number of rotatable bonds is 5. The fourth-order valence-electron chi connectivity index (χ4n) is 3.10. The van der Waals surface area contributed by atoms with Gasteiger partial charge >= 0.3 is 5.97 Å². The first kappa shape index (κ1) is 19.8. The van der Waals surface area contributed by atoms with Gasteiger partial charge in [-0.3, -0.25) is 9.59 Å². The van der Waals surface area contributed by atoms with E-state index < -0.39 is 5.97 Å². The van der Waals surface area contributed by atoms with Gasteiger partial charge in [-0.15, -0.1) is 0 Å². The lowest BCUT2D eigenvalue weighted by atomic mass is 10.1. The SMILES string of the molecule is Cc1cc(OCC(=O)Oc2ccc(N3C(=O)c4ccccc4C3=O)cc2)ccc1Br. The summed E-state index contributed by atoms with van der Waals surface area (Å²) in [5, 5.41) is 0. The maximum absolute atomic E-state index is 12.5. The summed E-state index contributed by atoms with van der Waals surface area (Å²) in [6, 6.07) is 18.3. The molecule has 1 aliphatic heterocycles. The summed E-state index contributed by atoms with van der Waals surface area (Å²) >= 11 is 3.41. The first-order valence-corrected chi connectivity index (χ1v) is 9.91. The van der Waals surface area contributed by atoms with Crippen molar-refractivity contribution in [1.29, 1.82) is 0 Å². The van der Waals surface area contributed by atoms with E-state index in [0.717, 1.165) is 14.9 Å². The van der Waals surface area contributed by atoms with E-state index in [1.807, 2.05) is 19.1 Å². The summed E-state index contributed by atoms with van der Waals surface area (Å²) in [4.78, 5) is 38.2. The first-order chi connectivity index (χ1) is 14.4. The van der Waals surface area contributed by atoms with E-state index >= 15 is 0 Å². The van der Waals surface area contributed by atoms with Crippen LogP contribution in [0.2, 0.25) is 0 Å². The van der Waals surface area contributed by atoms with Crippen molar-refractivity contribution in [1.82, 2.24) is 0 Å². The fourth-order valence-corrected chi connectivity index (χ4v) is 3.34. The Morgan fingerprint density at radius 1 is 0.900 bits per heavy atom. The number of carbonyl (C=O) groups excluding carboxylic acids is 3. The van der Waals surface area contributed by atoms with Gasteiger partial charge in [-0.25, -0.2) is 9.69 Å². The van der Waals surface area contributed by atoms with E-state index in [0.29, 0.717) is 22.6 Å². The van der Waals surface area contributed by atoms with Gasteiger partial charge in [0.1, 0.15) is 11.5 Å². The van der Waals surface area contributed by atoms with Crippen molar-refractivity contribution in [2.75, 3.05) is 11.5 Å². The van der Waals surface area contributed by atoms with Gasteiger partial charge in [-0.1, -0.05) is 28.1 Å². The molecule has 30 heavy (non-hydrogen) atoms. The third-order valence-corrected chi connectivity index (χ3v) is 5.50. The second-order valence-corrected chi connectivity index (χ2v) is 7.51. The predicted octanol–water partition coefficient (Wildman–Crippen LogP) is 4.54. The number of anilines is 1. The zero-order valence-electron chi connectivity index (χ0n) is 15.9. The van der Waals surface area contributed by atoms with Crippen molar-refractivity contribution >= 4 is 39.4 Å². The van der Waals surface area contributed by atoms with Gasteiger partial charge in [-0.2, -0.15) is 0 Å². The number of imide groups is 1. The van der Waals surface area contributed by atoms with Crippen LogP contribution in [0.4, 0.5) is 5.69 Å². The highest BCUT2D eigenvalue weighted by Gasteiger charge is 2.36. The second-order valence-electron chi connectivity index (χ2n) is 6.66. The van der Waals surface area contributed by atoms with Crippen LogP contribution in [0.5, 0.6) is 11.5 Å². The average Bonchev–Trinajstić information content (AvgIpc) is 3.00. The maximum atomic E-state index is 12.5. The van der Waals surface area contributed by atoms with Crippen molar-refractivity contribution < 1.29 is 23.9 Å². The molecule has 7 heteroatoms. The van der Waals surface area contributed by atoms with Gasteiger partial charge < -0.3 is 9.47 Å². The van der Waals surface area contributed by atoms with Crippen molar-refractivity contribution in [2.45, 2.75) is 6.92 Å². The molecular formula is C23H16BrNO5. The molecule has 0 unspecified atom stereocenters. The van der Waals surface area contributed by atoms with Crippen molar-refractivity contribution in [3.05, 3.63) is 87.9 Å². The number of amides is 2. The summed E-state index contributed by atoms with van der Waals surface area (Å²) in [7, 11) is 0. The lowest BCUT2D eigenvalue weighted by molar-refractivity contribution is -0.136. The summed E-state index contributed by atoms with van der Waals surface area (Å²) in [5.74, 6) is -0.467. The number of esters is 1. The van der Waals surface area contributed by atoms with E-state index in [4.69, 9.17) is 9.47 Å². The van der Waals surface area contributed by atoms with Crippen molar-refractivity contribution in [2.24, 2.45) is 0 Å². The van der Waals surface area contributed by atoms with Gasteiger partial charge in [0.2, 0.25) is 0 Å². The molecule has 1 aliphatic rings. The molecule has 0 saturated carbocycles. The highest BCUT2D eigenvalue weighted by atomic mass is 79.9. The minimum atomic E-state index is -0.566. The average molecular weight is 466 g/mol. The van der Waals surface area contributed by atoms with Crippen LogP contribution < -0.4 is 14.4 Å². The molecule has 0 spiro atoms. The Hall–Kier alpha value is -3.45. The highest BCUT2D eigenvalue weighted by molar-refractivity contribution is 9.10. The summed E-state index contributed by atoms with van der Waals surface area (Å²) in [6.45, 7) is 1.67. The molecule has 1 heterocycles. The van der Waals surface area contributed by atoms with E-state index in [9.17, 15) is 14.4 Å². The standard InChI is InChI=1S/C23H16BrNO5/c1-14-12-17(10-11-20(14)24)29-13-21(26)30-16-8-6-15(7-9-16)25-22(27)18-4-2-3-5-19(18)23(25)28/h2-12H,13H2,1H3. The van der Waals surface area contributed by atoms with Crippen LogP contribution in [0.15, 0.2) is 71.2 Å². The van der Waals surface area contributed by atoms with Crippen molar-refractivity contribution in [3.8, 4) is 11.5 Å². The summed E-state index contributed by atoms with van der Waals surface area (Å²) < 4.78 is 11.7. The van der Waals surface area contributed by atoms with Gasteiger partial charge in [0.15, 0.2) is 6.61 Å². The molecule has 2 amide bonds. The van der Waals surface area contributed by atoms with E-state index in [2.05, 4.69) is 15.9 Å². The zero-order chi connectivity index (χ0) is 21.3. The van der Waals surface area contributed by atoms with Crippen LogP contribution in [0, 0.1) is 6.92 Å². The Labute approximate surface area is 181 Å². The van der Waals surface area contributed by atoms with Gasteiger partial charge in [-0.05, 0) is 67.1 Å². The largest absolute Gasteiger partial charge is 0.482 e. The number of carbonyl (C=O) groups is 3. The number of ether oxygens (including phenoxy) is 2. The van der Waals surface area contributed by atoms with Crippen LogP contribution in [-0.4, -0.2) is 24.4 Å². The topological polar surface area (TPSA) is 72.9 Å². The van der Waals surface area contributed by atoms with E-state index in [1.165, 1.54) is 12.1 Å². The van der Waals surface area contributed by atoms with Crippen LogP contribution >= 0.6 is 15.9 Å². The Morgan fingerprint density at radius 3 is 2.10 bits per heavy atom. The molecule has 0 bridgehead atoms. The van der Waals surface area contributed by atoms with E-state index in [1.54, 1.807) is 42.5 Å². The lowest BCUT2D eigenvalue weighted by Crippen LogP contribution is -2.29. The van der Waals surface area contributed by atoms with Gasteiger partial charge in [0, 0.05) is 4.47 Å². The first-order valence-electron chi connectivity index (χ1n) is 9.11. The number of halogens is 1. The molecule has 150 valence electrons. The molecule has 3 aromatic carbocycles. The summed E-state index contributed by atoms with van der Waals surface area (Å²) in [6.07, 6.45) is 0. The summed E-state index contributed by atoms with van der Waals surface area (Å²) in [5.41, 5.74) is 2.14. The molecule has 6 nitrogen and oxygen atoms in total. The Balaban J connectivity index is 1.39. The number of fused-ring (bicyclic) bond motifs is 1. The third kappa shape index (κ3) is 3.84. The number of hydrogen-bond donors (Lipinski definition) is 0. The smallest absolute Gasteiger partial charge is 0.349 e. The molecule has 0 radical (unpaired) electrons. The Morgan fingerprint density at radius 2 is 1.50 bits per heavy atom. The molecule has 0 fully saturated rings. The number of hydrogen-bond acceptors (Lipinski definition) is 5. The minimum Gasteiger partial charge on any atom is -0.482 e. The fraction of sp³-hybridized carbons (Fsp3) is 0.0870. The minimum absolute atomic E-state index is 0.249. The molecule has 0 aliphatic carbocycles. The molecule has 0 atom stereocenters. The third-order valence-electron chi connectivity index (χ3n) is 4.61. The molecular weight excluding hydrogens is 450 g/mol. The van der Waals surface area contributed by atoms with Crippen LogP contribution in [0.25, 0.3) is 0 Å². The monoisotopic (exact) mass is 465 g/mol. The van der Waals surface area contributed by atoms with Crippen LogP contribution in [-0.2, 0) is 4.79 Å². The quantitative estimate of drug-likeness (QED) is 0.314. The highest BCUT2D eigenvalue weighted by Crippen LogP contribution is 2.29.